The van der Waals surface area contributed by atoms with Crippen molar-refractivity contribution < 1.29 is 9.18 Å². The van der Waals surface area contributed by atoms with E-state index in [-0.39, 0.29) is 22.6 Å². The molecule has 1 aliphatic rings. The van der Waals surface area contributed by atoms with Gasteiger partial charge in [0.25, 0.3) is 5.91 Å². The molecule has 120 valence electrons. The van der Waals surface area contributed by atoms with E-state index in [2.05, 4.69) is 9.97 Å². The standard InChI is InChI=1S/C15H15ClFN5O/c16-12-9-13(20-15(18)19-12)21-5-7-22(8-6-21)14(23)10-3-1-2-4-11(10)17/h1-4,9H,5-8H2,(H2,18,19,20). The van der Waals surface area contributed by atoms with Crippen LogP contribution >= 0.6 is 11.6 Å². The third-order valence-electron chi connectivity index (χ3n) is 3.69. The van der Waals surface area contributed by atoms with E-state index in [4.69, 9.17) is 17.3 Å². The number of hydrogen-bond acceptors (Lipinski definition) is 5. The van der Waals surface area contributed by atoms with Crippen molar-refractivity contribution in [1.82, 2.24) is 14.9 Å². The molecule has 1 saturated heterocycles. The normalized spacial score (nSPS) is 14.9. The second-order valence-corrected chi connectivity index (χ2v) is 5.55. The predicted molar refractivity (Wildman–Crippen MR) is 86.0 cm³/mol. The van der Waals surface area contributed by atoms with Crippen LogP contribution in [0, 0.1) is 5.82 Å². The lowest BCUT2D eigenvalue weighted by Crippen LogP contribution is -2.49. The number of halogens is 2. The number of anilines is 2. The molecule has 2 aromatic rings. The van der Waals surface area contributed by atoms with Gasteiger partial charge in [0.05, 0.1) is 5.56 Å². The van der Waals surface area contributed by atoms with Crippen LogP contribution in [-0.4, -0.2) is 47.0 Å². The lowest BCUT2D eigenvalue weighted by molar-refractivity contribution is 0.0742. The summed E-state index contributed by atoms with van der Waals surface area (Å²) >= 11 is 5.88. The molecule has 23 heavy (non-hydrogen) atoms. The molecule has 1 aromatic carbocycles. The molecule has 1 fully saturated rings. The molecular formula is C15H15ClFN5O. The summed E-state index contributed by atoms with van der Waals surface area (Å²) in [5.41, 5.74) is 5.69. The number of carbonyl (C=O) groups excluding carboxylic acids is 1. The number of hydrogen-bond donors (Lipinski definition) is 1. The van der Waals surface area contributed by atoms with Gasteiger partial charge in [-0.2, -0.15) is 4.98 Å². The molecule has 0 bridgehead atoms. The zero-order valence-corrected chi connectivity index (χ0v) is 13.0. The zero-order chi connectivity index (χ0) is 16.4. The number of carbonyl (C=O) groups is 1. The molecule has 6 nitrogen and oxygen atoms in total. The van der Waals surface area contributed by atoms with Gasteiger partial charge in [0.2, 0.25) is 5.95 Å². The van der Waals surface area contributed by atoms with Crippen LogP contribution in [0.4, 0.5) is 16.2 Å². The first-order valence-corrected chi connectivity index (χ1v) is 7.51. The predicted octanol–water partition coefficient (Wildman–Crippen LogP) is 1.81. The monoisotopic (exact) mass is 335 g/mol. The molecule has 8 heteroatoms. The molecule has 2 N–H and O–H groups in total. The fraction of sp³-hybridized carbons (Fsp3) is 0.267. The molecule has 2 heterocycles. The van der Waals surface area contributed by atoms with Crippen LogP contribution < -0.4 is 10.6 Å². The van der Waals surface area contributed by atoms with E-state index in [1.807, 2.05) is 4.90 Å². The van der Waals surface area contributed by atoms with Crippen LogP contribution in [0.25, 0.3) is 0 Å². The van der Waals surface area contributed by atoms with E-state index < -0.39 is 5.82 Å². The Kier molecular flexibility index (Phi) is 4.29. The highest BCUT2D eigenvalue weighted by Crippen LogP contribution is 2.19. The first-order chi connectivity index (χ1) is 11.0. The Morgan fingerprint density at radius 2 is 1.87 bits per heavy atom. The Morgan fingerprint density at radius 1 is 1.17 bits per heavy atom. The quantitative estimate of drug-likeness (QED) is 0.847. The van der Waals surface area contributed by atoms with E-state index in [1.165, 1.54) is 12.1 Å². The van der Waals surface area contributed by atoms with Gasteiger partial charge in [0.1, 0.15) is 16.8 Å². The zero-order valence-electron chi connectivity index (χ0n) is 12.2. The fourth-order valence-corrected chi connectivity index (χ4v) is 2.71. The lowest BCUT2D eigenvalue weighted by Gasteiger charge is -2.35. The third kappa shape index (κ3) is 3.34. The molecule has 1 aliphatic heterocycles. The minimum absolute atomic E-state index is 0.0928. The Hall–Kier alpha value is -2.41. The summed E-state index contributed by atoms with van der Waals surface area (Å²) in [4.78, 5) is 23.9. The van der Waals surface area contributed by atoms with Crippen LogP contribution in [0.1, 0.15) is 10.4 Å². The summed E-state index contributed by atoms with van der Waals surface area (Å²) in [7, 11) is 0. The second-order valence-electron chi connectivity index (χ2n) is 5.17. The molecule has 0 spiro atoms. The third-order valence-corrected chi connectivity index (χ3v) is 3.89. The van der Waals surface area contributed by atoms with Crippen molar-refractivity contribution in [3.8, 4) is 0 Å². The molecule has 1 aromatic heterocycles. The number of piperazine rings is 1. The molecule has 1 amide bonds. The van der Waals surface area contributed by atoms with Crippen molar-refractivity contribution in [1.29, 1.82) is 0 Å². The molecular weight excluding hydrogens is 321 g/mol. The van der Waals surface area contributed by atoms with Gasteiger partial charge in [0.15, 0.2) is 0 Å². The highest BCUT2D eigenvalue weighted by Gasteiger charge is 2.24. The smallest absolute Gasteiger partial charge is 0.256 e. The van der Waals surface area contributed by atoms with Gasteiger partial charge < -0.3 is 15.5 Å². The molecule has 0 radical (unpaired) electrons. The Balaban J connectivity index is 1.69. The Labute approximate surface area is 137 Å². The molecule has 3 rings (SSSR count). The van der Waals surface area contributed by atoms with Gasteiger partial charge in [-0.25, -0.2) is 9.37 Å². The highest BCUT2D eigenvalue weighted by molar-refractivity contribution is 6.29. The topological polar surface area (TPSA) is 75.3 Å². The maximum absolute atomic E-state index is 13.7. The SMILES string of the molecule is Nc1nc(Cl)cc(N2CCN(C(=O)c3ccccc3F)CC2)n1. The number of nitrogens with zero attached hydrogens (tertiary/aromatic N) is 4. The van der Waals surface area contributed by atoms with E-state index in [1.54, 1.807) is 23.1 Å². The highest BCUT2D eigenvalue weighted by atomic mass is 35.5. The van der Waals surface area contributed by atoms with Crippen LogP contribution in [0.2, 0.25) is 5.15 Å². The maximum atomic E-state index is 13.7. The molecule has 0 aliphatic carbocycles. The minimum atomic E-state index is -0.504. The second kappa shape index (κ2) is 6.37. The number of nitrogens with two attached hydrogens (primary N) is 1. The van der Waals surface area contributed by atoms with Gasteiger partial charge >= 0.3 is 0 Å². The van der Waals surface area contributed by atoms with Crippen LogP contribution in [-0.2, 0) is 0 Å². The molecule has 0 atom stereocenters. The van der Waals surface area contributed by atoms with E-state index in [0.717, 1.165) is 0 Å². The average molecular weight is 336 g/mol. The largest absolute Gasteiger partial charge is 0.368 e. The first-order valence-electron chi connectivity index (χ1n) is 7.13. The number of rotatable bonds is 2. The van der Waals surface area contributed by atoms with Gasteiger partial charge in [-0.05, 0) is 12.1 Å². The summed E-state index contributed by atoms with van der Waals surface area (Å²) in [5.74, 6) is -0.0730. The minimum Gasteiger partial charge on any atom is -0.368 e. The lowest BCUT2D eigenvalue weighted by atomic mass is 10.1. The maximum Gasteiger partial charge on any atom is 0.256 e. The van der Waals surface area contributed by atoms with Crippen molar-refractivity contribution in [2.75, 3.05) is 36.8 Å². The van der Waals surface area contributed by atoms with Crippen LogP contribution in [0.5, 0.6) is 0 Å². The number of nitrogen functional groups attached to an aromatic ring is 1. The summed E-state index contributed by atoms with van der Waals surface area (Å²) in [6.45, 7) is 2.06. The van der Waals surface area contributed by atoms with Gasteiger partial charge in [0, 0.05) is 32.2 Å². The number of benzene rings is 1. The first kappa shape index (κ1) is 15.5. The molecule has 0 saturated carbocycles. The van der Waals surface area contributed by atoms with Gasteiger partial charge in [-0.3, -0.25) is 4.79 Å². The summed E-state index contributed by atoms with van der Waals surface area (Å²) in [5, 5.41) is 0.275. The summed E-state index contributed by atoms with van der Waals surface area (Å²) in [6, 6.07) is 7.63. The van der Waals surface area contributed by atoms with Crippen molar-refractivity contribution in [3.63, 3.8) is 0 Å². The number of aromatic nitrogens is 2. The average Bonchev–Trinajstić information content (AvgIpc) is 2.54. The van der Waals surface area contributed by atoms with Crippen molar-refractivity contribution >= 4 is 29.3 Å². The van der Waals surface area contributed by atoms with Gasteiger partial charge in [-0.1, -0.05) is 23.7 Å². The van der Waals surface area contributed by atoms with E-state index in [9.17, 15) is 9.18 Å². The Bertz CT molecular complexity index is 713. The van der Waals surface area contributed by atoms with E-state index >= 15 is 0 Å². The summed E-state index contributed by atoms with van der Waals surface area (Å²) < 4.78 is 13.7. The van der Waals surface area contributed by atoms with Crippen molar-refractivity contribution in [3.05, 3.63) is 46.9 Å². The van der Waals surface area contributed by atoms with Crippen LogP contribution in [0.3, 0.4) is 0 Å². The number of amides is 1. The van der Waals surface area contributed by atoms with E-state index in [0.29, 0.717) is 32.0 Å². The van der Waals surface area contributed by atoms with Crippen molar-refractivity contribution in [2.24, 2.45) is 0 Å². The summed E-state index contributed by atoms with van der Waals surface area (Å²) in [6.07, 6.45) is 0. The molecule has 0 unspecified atom stereocenters. The Morgan fingerprint density at radius 3 is 2.52 bits per heavy atom. The van der Waals surface area contributed by atoms with Crippen LogP contribution in [0.15, 0.2) is 30.3 Å². The fourth-order valence-electron chi connectivity index (χ4n) is 2.53. The van der Waals surface area contributed by atoms with Crippen molar-refractivity contribution in [2.45, 2.75) is 0 Å². The van der Waals surface area contributed by atoms with Gasteiger partial charge in [-0.15, -0.1) is 0 Å².